The Bertz CT molecular complexity index is 662. The third kappa shape index (κ3) is 5.88. The maximum absolute atomic E-state index is 12.8. The molecule has 5 nitrogen and oxygen atoms in total. The Morgan fingerprint density at radius 2 is 1.90 bits per heavy atom. The Kier molecular flexibility index (Phi) is 8.22. The molecule has 0 spiro atoms. The van der Waals surface area contributed by atoms with Gasteiger partial charge in [-0.15, -0.1) is 0 Å². The zero-order valence-electron chi connectivity index (χ0n) is 17.6. The Hall–Kier alpha value is -1.75. The molecule has 0 N–H and O–H groups in total. The lowest BCUT2D eigenvalue weighted by molar-refractivity contribution is -0.524. The normalized spacial score (nSPS) is 26.9. The highest BCUT2D eigenvalue weighted by Gasteiger charge is 2.45. The average Bonchev–Trinajstić information content (AvgIpc) is 2.76. The molecule has 3 aliphatic rings. The van der Waals surface area contributed by atoms with E-state index in [0.717, 1.165) is 38.5 Å². The molecule has 2 saturated heterocycles. The van der Waals surface area contributed by atoms with Crippen molar-refractivity contribution in [2.45, 2.75) is 102 Å². The van der Waals surface area contributed by atoms with E-state index in [0.29, 0.717) is 18.8 Å². The van der Waals surface area contributed by atoms with Crippen LogP contribution in [-0.4, -0.2) is 29.0 Å². The summed E-state index contributed by atoms with van der Waals surface area (Å²) in [5.41, 5.74) is 1.30. The van der Waals surface area contributed by atoms with Crippen LogP contribution in [0.3, 0.4) is 0 Å². The molecule has 1 aromatic rings. The van der Waals surface area contributed by atoms with Crippen molar-refractivity contribution < 1.29 is 14.5 Å². The molecule has 0 aromatic heterocycles. The highest BCUT2D eigenvalue weighted by atomic mass is 16.6. The van der Waals surface area contributed by atoms with Gasteiger partial charge in [0.1, 0.15) is 6.10 Å². The van der Waals surface area contributed by atoms with E-state index in [9.17, 15) is 14.9 Å². The van der Waals surface area contributed by atoms with Crippen LogP contribution >= 0.6 is 0 Å². The number of hydrogen-bond donors (Lipinski definition) is 0. The first-order valence-electron chi connectivity index (χ1n) is 11.5. The van der Waals surface area contributed by atoms with E-state index in [1.54, 1.807) is 0 Å². The quantitative estimate of drug-likeness (QED) is 0.256. The number of nitrogens with zero attached hydrogens (tertiary/aromatic N) is 1. The third-order valence-electron chi connectivity index (χ3n) is 6.79. The molecule has 1 aromatic carbocycles. The van der Waals surface area contributed by atoms with Gasteiger partial charge in [-0.3, -0.25) is 14.9 Å². The van der Waals surface area contributed by atoms with Crippen LogP contribution in [0, 0.1) is 16.0 Å². The van der Waals surface area contributed by atoms with E-state index < -0.39 is 6.04 Å². The summed E-state index contributed by atoms with van der Waals surface area (Å²) in [6.07, 6.45) is 9.38. The lowest BCUT2D eigenvalue weighted by Crippen LogP contribution is -2.49. The molecule has 2 bridgehead atoms. The summed E-state index contributed by atoms with van der Waals surface area (Å²) in [5.74, 6) is 0.693. The molecule has 1 aliphatic carbocycles. The van der Waals surface area contributed by atoms with Gasteiger partial charge in [0.15, 0.2) is 5.78 Å². The number of benzene rings is 1. The maximum atomic E-state index is 12.8. The minimum atomic E-state index is -0.599. The van der Waals surface area contributed by atoms with Crippen molar-refractivity contribution in [3.8, 4) is 0 Å². The van der Waals surface area contributed by atoms with Crippen LogP contribution in [0.2, 0.25) is 0 Å². The van der Waals surface area contributed by atoms with Gasteiger partial charge in [0.25, 0.3) is 0 Å². The van der Waals surface area contributed by atoms with E-state index in [2.05, 4.69) is 31.2 Å². The van der Waals surface area contributed by atoms with Crippen molar-refractivity contribution >= 4 is 5.78 Å². The molecule has 5 heteroatoms. The summed E-state index contributed by atoms with van der Waals surface area (Å²) in [5, 5.41) is 11.4. The van der Waals surface area contributed by atoms with Gasteiger partial charge < -0.3 is 4.74 Å². The SMILES string of the molecule is CCCCCCCC(CCC(=O)C1OC2CCC1CC2c1ccccc1)[N+](=O)[O-]. The molecular formula is C24H35NO4. The van der Waals surface area contributed by atoms with Gasteiger partial charge in [-0.05, 0) is 37.2 Å². The van der Waals surface area contributed by atoms with Gasteiger partial charge in [-0.25, -0.2) is 0 Å². The van der Waals surface area contributed by atoms with E-state index in [1.807, 2.05) is 6.07 Å². The van der Waals surface area contributed by atoms with Crippen molar-refractivity contribution in [2.24, 2.45) is 5.92 Å². The summed E-state index contributed by atoms with van der Waals surface area (Å²) >= 11 is 0. The number of ether oxygens (including phenoxy) is 1. The Morgan fingerprint density at radius 3 is 2.55 bits per heavy atom. The lowest BCUT2D eigenvalue weighted by atomic mass is 9.70. The number of ketones is 1. The number of fused-ring (bicyclic) bond motifs is 3. The van der Waals surface area contributed by atoms with Crippen molar-refractivity contribution in [1.82, 2.24) is 0 Å². The number of carbonyl (C=O) groups excluding carboxylic acids is 1. The highest BCUT2D eigenvalue weighted by Crippen LogP contribution is 2.46. The van der Waals surface area contributed by atoms with Gasteiger partial charge in [0, 0.05) is 30.1 Å². The molecular weight excluding hydrogens is 366 g/mol. The second-order valence-electron chi connectivity index (χ2n) is 8.83. The van der Waals surface area contributed by atoms with E-state index in [1.165, 1.54) is 18.4 Å². The molecule has 4 rings (SSSR count). The maximum Gasteiger partial charge on any atom is 0.213 e. The number of nitro groups is 1. The Balaban J connectivity index is 1.47. The van der Waals surface area contributed by atoms with E-state index in [-0.39, 0.29) is 35.3 Å². The van der Waals surface area contributed by atoms with Crippen LogP contribution in [-0.2, 0) is 9.53 Å². The second kappa shape index (κ2) is 10.9. The minimum absolute atomic E-state index is 0.0732. The highest BCUT2D eigenvalue weighted by molar-refractivity contribution is 5.83. The van der Waals surface area contributed by atoms with Crippen LogP contribution in [0.15, 0.2) is 30.3 Å². The summed E-state index contributed by atoms with van der Waals surface area (Å²) in [6, 6.07) is 9.83. The van der Waals surface area contributed by atoms with Crippen LogP contribution in [0.4, 0.5) is 0 Å². The summed E-state index contributed by atoms with van der Waals surface area (Å²) < 4.78 is 6.21. The molecule has 2 heterocycles. The van der Waals surface area contributed by atoms with Crippen LogP contribution < -0.4 is 0 Å². The Morgan fingerprint density at radius 1 is 1.14 bits per heavy atom. The van der Waals surface area contributed by atoms with Gasteiger partial charge >= 0.3 is 0 Å². The van der Waals surface area contributed by atoms with Gasteiger partial charge in [0.2, 0.25) is 6.04 Å². The predicted octanol–water partition coefficient (Wildman–Crippen LogP) is 5.69. The van der Waals surface area contributed by atoms with Crippen LogP contribution in [0.25, 0.3) is 0 Å². The zero-order valence-corrected chi connectivity index (χ0v) is 17.6. The van der Waals surface area contributed by atoms with Crippen LogP contribution in [0.1, 0.15) is 89.0 Å². The molecule has 2 aliphatic heterocycles. The zero-order chi connectivity index (χ0) is 20.6. The first-order chi connectivity index (χ1) is 14.1. The molecule has 0 radical (unpaired) electrons. The standard InChI is InChI=1S/C24H35NO4/c1-2-3-4-5-9-12-20(25(27)28)14-15-22(26)24-19-13-16-23(29-24)21(17-19)18-10-7-6-8-11-18/h6-8,10-11,19-21,23-24H,2-5,9,12-17H2,1H3. The number of rotatable bonds is 12. The second-order valence-corrected chi connectivity index (χ2v) is 8.83. The van der Waals surface area contributed by atoms with Crippen LogP contribution in [0.5, 0.6) is 0 Å². The molecule has 29 heavy (non-hydrogen) atoms. The summed E-state index contributed by atoms with van der Waals surface area (Å²) in [6.45, 7) is 2.16. The molecule has 160 valence electrons. The molecule has 3 fully saturated rings. The predicted molar refractivity (Wildman–Crippen MR) is 114 cm³/mol. The molecule has 5 unspecified atom stereocenters. The van der Waals surface area contributed by atoms with Crippen molar-refractivity contribution in [3.05, 3.63) is 46.0 Å². The third-order valence-corrected chi connectivity index (χ3v) is 6.79. The largest absolute Gasteiger partial charge is 0.366 e. The number of carbonyl (C=O) groups is 1. The molecule has 0 amide bonds. The average molecular weight is 402 g/mol. The summed E-state index contributed by atoms with van der Waals surface area (Å²) in [4.78, 5) is 24.0. The smallest absolute Gasteiger partial charge is 0.213 e. The molecule has 5 atom stereocenters. The number of unbranched alkanes of at least 4 members (excludes halogenated alkanes) is 4. The van der Waals surface area contributed by atoms with E-state index >= 15 is 0 Å². The molecule has 1 saturated carbocycles. The van der Waals surface area contributed by atoms with Crippen molar-refractivity contribution in [2.75, 3.05) is 0 Å². The van der Waals surface area contributed by atoms with E-state index in [4.69, 9.17) is 4.74 Å². The van der Waals surface area contributed by atoms with Crippen molar-refractivity contribution in [3.63, 3.8) is 0 Å². The van der Waals surface area contributed by atoms with Gasteiger partial charge in [-0.2, -0.15) is 0 Å². The van der Waals surface area contributed by atoms with Gasteiger partial charge in [-0.1, -0.05) is 62.9 Å². The Labute approximate surface area is 174 Å². The minimum Gasteiger partial charge on any atom is -0.366 e. The topological polar surface area (TPSA) is 69.4 Å². The fraction of sp³-hybridized carbons (Fsp3) is 0.708. The first-order valence-corrected chi connectivity index (χ1v) is 11.5. The monoisotopic (exact) mass is 401 g/mol. The summed E-state index contributed by atoms with van der Waals surface area (Å²) in [7, 11) is 0. The lowest BCUT2D eigenvalue weighted by Gasteiger charge is -2.47. The van der Waals surface area contributed by atoms with Gasteiger partial charge in [0.05, 0.1) is 6.10 Å². The van der Waals surface area contributed by atoms with Crippen molar-refractivity contribution in [1.29, 1.82) is 0 Å². The fourth-order valence-electron chi connectivity index (χ4n) is 5.09. The first kappa shape index (κ1) is 21.9. The number of Topliss-reactive ketones (excluding diaryl/α,β-unsaturated/α-hetero) is 1. The fourth-order valence-corrected chi connectivity index (χ4v) is 5.09. The number of hydrogen-bond acceptors (Lipinski definition) is 4.